The lowest BCUT2D eigenvalue weighted by Crippen LogP contribution is -2.29. The van der Waals surface area contributed by atoms with Crippen molar-refractivity contribution in [2.75, 3.05) is 53.4 Å². The average molecular weight is 1040 g/mol. The van der Waals surface area contributed by atoms with Crippen molar-refractivity contribution < 1.29 is 31.7 Å². The number of halogens is 3. The maximum absolute atomic E-state index is 13.2. The molecule has 11 rings (SSSR count). The van der Waals surface area contributed by atoms with Crippen LogP contribution < -0.4 is 5.32 Å². The third-order valence-corrected chi connectivity index (χ3v) is 15.2. The molecule has 0 amide bonds. The number of aromatic nitrogens is 3. The summed E-state index contributed by atoms with van der Waals surface area (Å²) in [6.07, 6.45) is 8.28. The molecule has 3 aliphatic rings. The number of nitrogens with one attached hydrogen (secondary N) is 4. The summed E-state index contributed by atoms with van der Waals surface area (Å²) in [5.41, 5.74) is 10.9. The van der Waals surface area contributed by atoms with Crippen molar-refractivity contribution in [3.8, 4) is 0 Å². The highest BCUT2D eigenvalue weighted by molar-refractivity contribution is 7.85. The molecule has 11 nitrogen and oxygen atoms in total. The molecule has 0 unspecified atom stereocenters. The van der Waals surface area contributed by atoms with E-state index in [1.165, 1.54) is 102 Å². The molecule has 3 aliphatic heterocycles. The van der Waals surface area contributed by atoms with Gasteiger partial charge in [-0.2, -0.15) is 8.42 Å². The largest absolute Gasteiger partial charge is 0.478 e. The molecule has 5 aromatic carbocycles. The molecule has 3 saturated heterocycles. The highest BCUT2D eigenvalue weighted by Crippen LogP contribution is 2.34. The molecule has 0 bridgehead atoms. The number of hydrogen-bond acceptors (Lipinski definition) is 6. The van der Waals surface area contributed by atoms with Crippen LogP contribution >= 0.6 is 11.6 Å². The molecule has 0 saturated carbocycles. The maximum Gasteiger partial charge on any atom is 0.335 e. The second kappa shape index (κ2) is 25.4. The second-order valence-electron chi connectivity index (χ2n) is 19.7. The third-order valence-electron chi connectivity index (χ3n) is 14.1. The number of aryl methyl sites for hydroxylation is 3. The number of hydrogen-bond donors (Lipinski definition) is 6. The Bertz CT molecular complexity index is 3130. The van der Waals surface area contributed by atoms with Crippen LogP contribution in [0.1, 0.15) is 107 Å². The number of aromatic carboxylic acids is 1. The van der Waals surface area contributed by atoms with Crippen molar-refractivity contribution in [1.29, 1.82) is 0 Å². The number of aromatic amines is 3. The number of rotatable bonds is 6. The smallest absolute Gasteiger partial charge is 0.335 e. The fourth-order valence-corrected chi connectivity index (χ4v) is 10.5. The average Bonchev–Trinajstić information content (AvgIpc) is 4.13. The summed E-state index contributed by atoms with van der Waals surface area (Å²) < 4.78 is 55.9. The number of carbonyl (C=O) groups is 1. The van der Waals surface area contributed by atoms with Gasteiger partial charge in [-0.15, -0.1) is 0 Å². The number of nitrogens with zero attached hydrogens (tertiary/aromatic N) is 2. The van der Waals surface area contributed by atoms with E-state index in [4.69, 9.17) is 21.3 Å². The normalized spacial score (nSPS) is 16.1. The fraction of sp³-hybridized carbons (Fsp3) is 0.362. The number of carboxylic acid groups (broad SMARTS) is 1. The van der Waals surface area contributed by atoms with E-state index in [1.807, 2.05) is 19.1 Å². The molecule has 8 aromatic rings. The van der Waals surface area contributed by atoms with E-state index in [9.17, 15) is 22.0 Å². The fourth-order valence-electron chi connectivity index (χ4n) is 9.66. The first-order valence-corrected chi connectivity index (χ1v) is 27.0. The number of fused-ring (bicyclic) bond motifs is 3. The molecule has 3 aromatic heterocycles. The number of carboxylic acids is 1. The minimum atomic E-state index is -4.02. The Kier molecular flexibility index (Phi) is 19.1. The van der Waals surface area contributed by atoms with Crippen molar-refractivity contribution in [3.05, 3.63) is 171 Å². The van der Waals surface area contributed by atoms with Gasteiger partial charge in [0.05, 0.1) is 21.0 Å². The van der Waals surface area contributed by atoms with Gasteiger partial charge >= 0.3 is 5.97 Å². The summed E-state index contributed by atoms with van der Waals surface area (Å²) in [6.45, 7) is 13.0. The zero-order chi connectivity index (χ0) is 52.2. The summed E-state index contributed by atoms with van der Waals surface area (Å²) in [7, 11) is 0.294. The van der Waals surface area contributed by atoms with Gasteiger partial charge in [-0.1, -0.05) is 60.5 Å². The van der Waals surface area contributed by atoms with Gasteiger partial charge in [0.1, 0.15) is 0 Å². The summed E-state index contributed by atoms with van der Waals surface area (Å²) in [5, 5.41) is 16.0. The van der Waals surface area contributed by atoms with E-state index in [0.717, 1.165) is 72.6 Å². The van der Waals surface area contributed by atoms with Crippen LogP contribution in [0.5, 0.6) is 0 Å². The predicted molar refractivity (Wildman–Crippen MR) is 292 cm³/mol. The van der Waals surface area contributed by atoms with Crippen molar-refractivity contribution in [2.45, 2.75) is 88.4 Å². The Morgan fingerprint density at radius 1 is 0.630 bits per heavy atom. The first-order valence-electron chi connectivity index (χ1n) is 25.2. The van der Waals surface area contributed by atoms with Gasteiger partial charge in [-0.25, -0.2) is 13.6 Å². The number of H-pyrrole nitrogens is 3. The topological polar surface area (TPSA) is 158 Å². The molecule has 73 heavy (non-hydrogen) atoms. The SMILES string of the molecule is CCc1ccc2[nH]c(C3CCNCC3)cc2c1.CN1CCC(c2cc3cc(F)c(F)cc3[nH]2)CC1.Cc1cc(Cl)c2[nH]c(C3CCN(C)CC3)cc2c1.Cc1ccc(S(=O)(=O)O)cc1.O=C(O)c1ccccc1. The lowest BCUT2D eigenvalue weighted by atomic mass is 9.94. The lowest BCUT2D eigenvalue weighted by Gasteiger charge is -2.28. The van der Waals surface area contributed by atoms with Crippen LogP contribution in [0, 0.1) is 25.5 Å². The third kappa shape index (κ3) is 15.3. The number of benzene rings is 5. The van der Waals surface area contributed by atoms with Crippen molar-refractivity contribution in [2.24, 2.45) is 0 Å². The molecule has 6 N–H and O–H groups in total. The van der Waals surface area contributed by atoms with Crippen LogP contribution in [-0.2, 0) is 16.5 Å². The van der Waals surface area contributed by atoms with Gasteiger partial charge in [-0.05, 0) is 201 Å². The number of piperidine rings is 3. The minimum absolute atomic E-state index is 0.0666. The van der Waals surface area contributed by atoms with E-state index in [2.05, 4.69) is 94.4 Å². The van der Waals surface area contributed by atoms with Gasteiger partial charge < -0.3 is 35.2 Å². The van der Waals surface area contributed by atoms with E-state index < -0.39 is 27.7 Å². The van der Waals surface area contributed by atoms with Crippen LogP contribution in [0.4, 0.5) is 8.78 Å². The summed E-state index contributed by atoms with van der Waals surface area (Å²) in [6, 6.07) is 34.4. The zero-order valence-electron chi connectivity index (χ0n) is 42.4. The first kappa shape index (κ1) is 54.9. The Morgan fingerprint density at radius 3 is 1.70 bits per heavy atom. The second-order valence-corrected chi connectivity index (χ2v) is 21.5. The van der Waals surface area contributed by atoms with Gasteiger partial charge in [0.15, 0.2) is 11.6 Å². The monoisotopic (exact) mass is 1030 g/mol. The van der Waals surface area contributed by atoms with Crippen molar-refractivity contribution in [3.63, 3.8) is 0 Å². The lowest BCUT2D eigenvalue weighted by molar-refractivity contribution is 0.0696. The van der Waals surface area contributed by atoms with Gasteiger partial charge in [0.2, 0.25) is 0 Å². The van der Waals surface area contributed by atoms with Crippen LogP contribution in [0.2, 0.25) is 5.02 Å². The van der Waals surface area contributed by atoms with Gasteiger partial charge in [0.25, 0.3) is 10.1 Å². The molecular formula is C58H69ClF2N6O5S. The molecule has 6 heterocycles. The Balaban J connectivity index is 0.000000137. The van der Waals surface area contributed by atoms with Crippen molar-refractivity contribution in [1.82, 2.24) is 30.1 Å². The quantitative estimate of drug-likeness (QED) is 0.0899. The summed E-state index contributed by atoms with van der Waals surface area (Å²) in [4.78, 5) is 25.2. The van der Waals surface area contributed by atoms with Crippen LogP contribution in [0.15, 0.2) is 120 Å². The van der Waals surface area contributed by atoms with E-state index in [1.54, 1.807) is 42.5 Å². The molecule has 0 atom stereocenters. The first-order chi connectivity index (χ1) is 34.9. The molecular weight excluding hydrogens is 966 g/mol. The summed E-state index contributed by atoms with van der Waals surface area (Å²) >= 11 is 6.30. The van der Waals surface area contributed by atoms with Crippen LogP contribution in [-0.4, -0.2) is 102 Å². The van der Waals surface area contributed by atoms with Crippen LogP contribution in [0.25, 0.3) is 32.7 Å². The summed E-state index contributed by atoms with van der Waals surface area (Å²) in [5.74, 6) is -0.607. The van der Waals surface area contributed by atoms with E-state index in [0.29, 0.717) is 28.8 Å². The standard InChI is InChI=1S/C15H19ClN2.C15H20N2.C14H16F2N2.C7H8O3S.C7H6O2/c1-10-7-12-9-14(17-15(12)13(16)8-10)11-3-5-18(2)6-4-11;1-2-11-3-4-14-13(9-11)10-15(17-14)12-5-7-16-8-6-12;1-18-4-2-9(3-5-18)13-7-10-6-11(15)12(16)8-14(10)17-13;1-6-2-4-7(5-3-6)11(8,9)10;8-7(9)6-4-2-1-3-5-6/h7-9,11,17H,3-6H2,1-2H3;3-4,9-10,12,16-17H,2,5-8H2,1H3;6-9,17H,2-5H2,1H3;2-5H,1H3,(H,8,9,10);1-5H,(H,8,9). The van der Waals surface area contributed by atoms with Crippen molar-refractivity contribution >= 4 is 60.4 Å². The molecule has 0 aliphatic carbocycles. The van der Waals surface area contributed by atoms with Gasteiger partial charge in [0, 0.05) is 62.7 Å². The van der Waals surface area contributed by atoms with E-state index in [-0.39, 0.29) is 4.90 Å². The van der Waals surface area contributed by atoms with Crippen LogP contribution in [0.3, 0.4) is 0 Å². The maximum atomic E-state index is 13.2. The van der Waals surface area contributed by atoms with E-state index >= 15 is 0 Å². The molecule has 388 valence electrons. The molecule has 3 fully saturated rings. The Hall–Kier alpha value is -5.87. The zero-order valence-corrected chi connectivity index (χ0v) is 44.0. The minimum Gasteiger partial charge on any atom is -0.478 e. The predicted octanol–water partition coefficient (Wildman–Crippen LogP) is 13.0. The van der Waals surface area contributed by atoms with Gasteiger partial charge in [-0.3, -0.25) is 4.55 Å². The Labute approximate surface area is 433 Å². The molecule has 15 heteroatoms. The molecule has 0 radical (unpaired) electrons. The highest BCUT2D eigenvalue weighted by Gasteiger charge is 2.22. The highest BCUT2D eigenvalue weighted by atomic mass is 35.5. The molecule has 0 spiro atoms. The number of likely N-dealkylation sites (tertiary alicyclic amines) is 2. The Morgan fingerprint density at radius 2 is 1.15 bits per heavy atom.